The average Bonchev–Trinajstić information content (AvgIpc) is 2.30. The van der Waals surface area contributed by atoms with E-state index in [1.165, 1.54) is 0 Å². The molecule has 0 saturated carbocycles. The van der Waals surface area contributed by atoms with Gasteiger partial charge in [0.15, 0.2) is 6.10 Å². The van der Waals surface area contributed by atoms with Crippen molar-refractivity contribution in [3.8, 4) is 0 Å². The molecule has 1 saturated heterocycles. The number of nitrogens with two attached hydrogens (primary N) is 1. The summed E-state index contributed by atoms with van der Waals surface area (Å²) in [6, 6.07) is 0. The molecule has 0 aromatic rings. The van der Waals surface area contributed by atoms with Crippen LogP contribution in [0.2, 0.25) is 0 Å². The molecule has 80 valence electrons. The van der Waals surface area contributed by atoms with Gasteiger partial charge >= 0.3 is 6.09 Å². The van der Waals surface area contributed by atoms with Crippen LogP contribution in [0.15, 0.2) is 0 Å². The van der Waals surface area contributed by atoms with Gasteiger partial charge in [-0.1, -0.05) is 0 Å². The Hall–Kier alpha value is -1.26. The summed E-state index contributed by atoms with van der Waals surface area (Å²) < 4.78 is 4.70. The van der Waals surface area contributed by atoms with Gasteiger partial charge in [0.1, 0.15) is 0 Å². The number of carbonyl (C=O) groups is 2. The third-order valence-electron chi connectivity index (χ3n) is 2.22. The highest BCUT2D eigenvalue weighted by atomic mass is 16.6. The molecule has 5 heteroatoms. The third-order valence-corrected chi connectivity index (χ3v) is 2.22. The molecule has 0 unspecified atom stereocenters. The summed E-state index contributed by atoms with van der Waals surface area (Å²) in [5.74, 6) is -0.156. The number of likely N-dealkylation sites (tertiary alicyclic amines) is 1. The van der Waals surface area contributed by atoms with Gasteiger partial charge in [-0.05, 0) is 20.8 Å². The van der Waals surface area contributed by atoms with Crippen LogP contribution in [-0.2, 0) is 9.53 Å². The Morgan fingerprint density at radius 1 is 1.57 bits per heavy atom. The van der Waals surface area contributed by atoms with Gasteiger partial charge in [0, 0.05) is 18.5 Å². The van der Waals surface area contributed by atoms with Crippen molar-refractivity contribution >= 4 is 12.0 Å². The lowest BCUT2D eigenvalue weighted by atomic mass is 10.1. The predicted molar refractivity (Wildman–Crippen MR) is 50.5 cm³/mol. The van der Waals surface area contributed by atoms with Crippen molar-refractivity contribution in [1.82, 2.24) is 4.90 Å². The van der Waals surface area contributed by atoms with E-state index in [1.54, 1.807) is 4.90 Å². The first-order valence-corrected chi connectivity index (χ1v) is 4.60. The second kappa shape index (κ2) is 3.48. The predicted octanol–water partition coefficient (Wildman–Crippen LogP) is 0.481. The monoisotopic (exact) mass is 200 g/mol. The summed E-state index contributed by atoms with van der Waals surface area (Å²) in [6.07, 6.45) is -1.05. The minimum atomic E-state index is -0.890. The van der Waals surface area contributed by atoms with E-state index in [2.05, 4.69) is 0 Å². The van der Waals surface area contributed by atoms with Gasteiger partial charge in [-0.15, -0.1) is 0 Å². The highest BCUT2D eigenvalue weighted by Crippen LogP contribution is 2.23. The second-order valence-corrected chi connectivity index (χ2v) is 4.37. The molecule has 2 N–H and O–H groups in total. The number of nitrogens with zero attached hydrogens (tertiary/aromatic N) is 1. The van der Waals surface area contributed by atoms with Gasteiger partial charge in [0.2, 0.25) is 0 Å². The van der Waals surface area contributed by atoms with Crippen molar-refractivity contribution in [3.63, 3.8) is 0 Å². The van der Waals surface area contributed by atoms with Crippen LogP contribution in [0.4, 0.5) is 4.79 Å². The molecule has 2 amide bonds. The van der Waals surface area contributed by atoms with Crippen LogP contribution in [0.1, 0.15) is 27.2 Å². The fraction of sp³-hybridized carbons (Fsp3) is 0.778. The minimum absolute atomic E-state index is 0.156. The molecule has 0 bridgehead atoms. The van der Waals surface area contributed by atoms with Crippen LogP contribution < -0.4 is 5.73 Å². The summed E-state index contributed by atoms with van der Waals surface area (Å²) >= 11 is 0. The van der Waals surface area contributed by atoms with Crippen LogP contribution >= 0.6 is 0 Å². The van der Waals surface area contributed by atoms with Gasteiger partial charge in [-0.25, -0.2) is 4.79 Å². The highest BCUT2D eigenvalue weighted by Gasteiger charge is 2.39. The zero-order valence-electron chi connectivity index (χ0n) is 8.74. The Bertz CT molecular complexity index is 257. The Labute approximate surface area is 83.2 Å². The van der Waals surface area contributed by atoms with Gasteiger partial charge in [-0.2, -0.15) is 0 Å². The Morgan fingerprint density at radius 3 is 2.50 bits per heavy atom. The molecule has 1 rings (SSSR count). The van der Waals surface area contributed by atoms with Gasteiger partial charge < -0.3 is 15.4 Å². The number of carbonyl (C=O) groups excluding carboxylic acids is 2. The lowest BCUT2D eigenvalue weighted by Gasteiger charge is -2.31. The van der Waals surface area contributed by atoms with E-state index in [9.17, 15) is 9.59 Å². The van der Waals surface area contributed by atoms with Crippen molar-refractivity contribution in [3.05, 3.63) is 0 Å². The van der Waals surface area contributed by atoms with E-state index >= 15 is 0 Å². The SMILES string of the molecule is CC(C)(C)N1CC[C@H](OC(N)=O)C1=O. The average molecular weight is 200 g/mol. The molecule has 1 atom stereocenters. The lowest BCUT2D eigenvalue weighted by Crippen LogP contribution is -2.44. The van der Waals surface area contributed by atoms with Crippen molar-refractivity contribution in [2.75, 3.05) is 6.54 Å². The maximum absolute atomic E-state index is 11.7. The van der Waals surface area contributed by atoms with E-state index in [1.807, 2.05) is 20.8 Å². The number of primary amides is 1. The molecular weight excluding hydrogens is 184 g/mol. The fourth-order valence-corrected chi connectivity index (χ4v) is 1.57. The smallest absolute Gasteiger partial charge is 0.405 e. The summed E-state index contributed by atoms with van der Waals surface area (Å²) in [7, 11) is 0. The molecule has 0 aromatic heterocycles. The highest BCUT2D eigenvalue weighted by molar-refractivity contribution is 5.85. The first-order chi connectivity index (χ1) is 6.32. The largest absolute Gasteiger partial charge is 0.436 e. The number of ether oxygens (including phenoxy) is 1. The molecule has 14 heavy (non-hydrogen) atoms. The molecule has 1 fully saturated rings. The third kappa shape index (κ3) is 2.16. The van der Waals surface area contributed by atoms with E-state index in [0.29, 0.717) is 13.0 Å². The molecule has 1 aliphatic heterocycles. The van der Waals surface area contributed by atoms with Crippen LogP contribution in [0.3, 0.4) is 0 Å². The van der Waals surface area contributed by atoms with Gasteiger partial charge in [0.25, 0.3) is 5.91 Å². The zero-order chi connectivity index (χ0) is 10.9. The van der Waals surface area contributed by atoms with E-state index < -0.39 is 12.2 Å². The van der Waals surface area contributed by atoms with E-state index in [0.717, 1.165) is 0 Å². The maximum atomic E-state index is 11.7. The number of hydrogen-bond acceptors (Lipinski definition) is 3. The van der Waals surface area contributed by atoms with Gasteiger partial charge in [0.05, 0.1) is 0 Å². The van der Waals surface area contributed by atoms with Crippen molar-refractivity contribution in [2.45, 2.75) is 38.8 Å². The van der Waals surface area contributed by atoms with Crippen molar-refractivity contribution < 1.29 is 14.3 Å². The summed E-state index contributed by atoms with van der Waals surface area (Å²) in [5.41, 5.74) is 4.63. The fourth-order valence-electron chi connectivity index (χ4n) is 1.57. The van der Waals surface area contributed by atoms with E-state index in [4.69, 9.17) is 10.5 Å². The maximum Gasteiger partial charge on any atom is 0.405 e. The first-order valence-electron chi connectivity index (χ1n) is 4.60. The lowest BCUT2D eigenvalue weighted by molar-refractivity contribution is -0.138. The quantitative estimate of drug-likeness (QED) is 0.669. The van der Waals surface area contributed by atoms with E-state index in [-0.39, 0.29) is 11.4 Å². The molecule has 0 aliphatic carbocycles. The van der Waals surface area contributed by atoms with Gasteiger partial charge in [-0.3, -0.25) is 4.79 Å². The summed E-state index contributed by atoms with van der Waals surface area (Å²) in [6.45, 7) is 6.44. The Balaban J connectivity index is 2.65. The molecular formula is C9H16N2O3. The topological polar surface area (TPSA) is 72.6 Å². The van der Waals surface area contributed by atoms with Crippen LogP contribution in [-0.4, -0.2) is 35.1 Å². The molecule has 5 nitrogen and oxygen atoms in total. The normalized spacial score (nSPS) is 22.6. The summed E-state index contributed by atoms with van der Waals surface area (Å²) in [5, 5.41) is 0. The van der Waals surface area contributed by atoms with Crippen LogP contribution in [0.25, 0.3) is 0 Å². The molecule has 0 spiro atoms. The van der Waals surface area contributed by atoms with Crippen LogP contribution in [0.5, 0.6) is 0 Å². The first kappa shape index (κ1) is 10.8. The summed E-state index contributed by atoms with van der Waals surface area (Å²) in [4.78, 5) is 23.9. The molecule has 1 aliphatic rings. The Kier molecular flexibility index (Phi) is 2.69. The number of hydrogen-bond donors (Lipinski definition) is 1. The zero-order valence-corrected chi connectivity index (χ0v) is 8.74. The number of amides is 2. The standard InChI is InChI=1S/C9H16N2O3/c1-9(2,3)11-5-4-6(7(11)12)14-8(10)13/h6H,4-5H2,1-3H3,(H2,10,13)/t6-/m0/s1. The minimum Gasteiger partial charge on any atom is -0.436 e. The van der Waals surface area contributed by atoms with Crippen LogP contribution in [0, 0.1) is 0 Å². The number of rotatable bonds is 1. The molecule has 0 aromatic carbocycles. The van der Waals surface area contributed by atoms with Crippen molar-refractivity contribution in [1.29, 1.82) is 0 Å². The molecule has 1 heterocycles. The molecule has 0 radical (unpaired) electrons. The Morgan fingerprint density at radius 2 is 2.14 bits per heavy atom. The second-order valence-electron chi connectivity index (χ2n) is 4.37. The van der Waals surface area contributed by atoms with Crippen molar-refractivity contribution in [2.24, 2.45) is 5.73 Å².